The SMILES string of the molecule is CCN(CC(=O)Nc1ccccc1C(F)(F)F)C(=O)C1(c2ccc(Cl)cc2)CCC1. The molecule has 30 heavy (non-hydrogen) atoms. The number of carbonyl (C=O) groups excluding carboxylic acids is 2. The molecule has 0 aromatic heterocycles. The number of anilines is 1. The molecule has 1 aliphatic carbocycles. The molecule has 160 valence electrons. The van der Waals surface area contributed by atoms with Gasteiger partial charge in [-0.2, -0.15) is 13.2 Å². The first kappa shape index (κ1) is 22.2. The molecule has 0 aliphatic heterocycles. The van der Waals surface area contributed by atoms with Crippen molar-refractivity contribution in [2.24, 2.45) is 0 Å². The number of amides is 2. The van der Waals surface area contributed by atoms with Crippen molar-refractivity contribution in [1.29, 1.82) is 0 Å². The number of alkyl halides is 3. The molecule has 1 saturated carbocycles. The first-order chi connectivity index (χ1) is 14.2. The summed E-state index contributed by atoms with van der Waals surface area (Å²) in [4.78, 5) is 27.2. The second kappa shape index (κ2) is 8.68. The minimum absolute atomic E-state index is 0.196. The molecule has 4 nitrogen and oxygen atoms in total. The largest absolute Gasteiger partial charge is 0.418 e. The summed E-state index contributed by atoms with van der Waals surface area (Å²) in [7, 11) is 0. The molecule has 0 spiro atoms. The summed E-state index contributed by atoms with van der Waals surface area (Å²) in [5, 5.41) is 2.87. The van der Waals surface area contributed by atoms with E-state index in [1.165, 1.54) is 23.1 Å². The molecule has 3 rings (SSSR count). The van der Waals surface area contributed by atoms with E-state index in [9.17, 15) is 22.8 Å². The smallest absolute Gasteiger partial charge is 0.333 e. The third-order valence-electron chi connectivity index (χ3n) is 5.52. The van der Waals surface area contributed by atoms with Gasteiger partial charge in [0, 0.05) is 11.6 Å². The van der Waals surface area contributed by atoms with Gasteiger partial charge in [0.1, 0.15) is 0 Å². The Morgan fingerprint density at radius 2 is 1.73 bits per heavy atom. The van der Waals surface area contributed by atoms with Gasteiger partial charge >= 0.3 is 6.18 Å². The maximum Gasteiger partial charge on any atom is 0.418 e. The van der Waals surface area contributed by atoms with E-state index in [1.807, 2.05) is 12.1 Å². The molecule has 0 atom stereocenters. The van der Waals surface area contributed by atoms with Gasteiger partial charge in [-0.3, -0.25) is 9.59 Å². The summed E-state index contributed by atoms with van der Waals surface area (Å²) in [6, 6.07) is 11.8. The summed E-state index contributed by atoms with van der Waals surface area (Å²) in [5.74, 6) is -0.870. The van der Waals surface area contributed by atoms with E-state index >= 15 is 0 Å². The first-order valence-electron chi connectivity index (χ1n) is 9.69. The van der Waals surface area contributed by atoms with Crippen LogP contribution < -0.4 is 5.32 Å². The number of likely N-dealkylation sites (N-methyl/N-ethyl adjacent to an activating group) is 1. The zero-order chi connectivity index (χ0) is 21.9. The Balaban J connectivity index is 1.76. The van der Waals surface area contributed by atoms with E-state index in [0.29, 0.717) is 17.9 Å². The molecule has 1 aliphatic rings. The molecule has 0 unspecified atom stereocenters. The van der Waals surface area contributed by atoms with E-state index in [1.54, 1.807) is 19.1 Å². The van der Waals surface area contributed by atoms with Crippen LogP contribution in [0.1, 0.15) is 37.3 Å². The van der Waals surface area contributed by atoms with Crippen LogP contribution >= 0.6 is 11.6 Å². The van der Waals surface area contributed by atoms with Crippen LogP contribution in [0, 0.1) is 0 Å². The zero-order valence-electron chi connectivity index (χ0n) is 16.4. The number of hydrogen-bond donors (Lipinski definition) is 1. The molecule has 0 heterocycles. The van der Waals surface area contributed by atoms with Crippen molar-refractivity contribution >= 4 is 29.1 Å². The molecule has 2 aromatic rings. The van der Waals surface area contributed by atoms with E-state index in [-0.39, 0.29) is 24.7 Å². The Labute approximate surface area is 178 Å². The molecule has 0 saturated heterocycles. The lowest BCUT2D eigenvalue weighted by atomic mass is 9.63. The molecule has 1 fully saturated rings. The highest BCUT2D eigenvalue weighted by Gasteiger charge is 2.47. The van der Waals surface area contributed by atoms with Crippen molar-refractivity contribution in [3.8, 4) is 0 Å². The highest BCUT2D eigenvalue weighted by atomic mass is 35.5. The number of nitrogens with one attached hydrogen (secondary N) is 1. The van der Waals surface area contributed by atoms with Crippen LogP contribution in [0.15, 0.2) is 48.5 Å². The number of benzene rings is 2. The van der Waals surface area contributed by atoms with E-state index < -0.39 is 23.1 Å². The van der Waals surface area contributed by atoms with Crippen molar-refractivity contribution in [2.45, 2.75) is 37.8 Å². The van der Waals surface area contributed by atoms with Gasteiger partial charge in [0.15, 0.2) is 0 Å². The second-order valence-corrected chi connectivity index (χ2v) is 7.79. The maximum absolute atomic E-state index is 13.3. The normalized spacial score (nSPS) is 15.2. The van der Waals surface area contributed by atoms with Gasteiger partial charge in [0.05, 0.1) is 23.2 Å². The lowest BCUT2D eigenvalue weighted by Crippen LogP contribution is -2.52. The van der Waals surface area contributed by atoms with Gasteiger partial charge in [-0.25, -0.2) is 0 Å². The Kier molecular flexibility index (Phi) is 6.41. The summed E-state index contributed by atoms with van der Waals surface area (Å²) >= 11 is 5.95. The van der Waals surface area contributed by atoms with Crippen LogP contribution in [0.2, 0.25) is 5.02 Å². The summed E-state index contributed by atoms with van der Waals surface area (Å²) < 4.78 is 39.5. The van der Waals surface area contributed by atoms with Crippen molar-refractivity contribution in [1.82, 2.24) is 4.90 Å². The van der Waals surface area contributed by atoms with E-state index in [4.69, 9.17) is 11.6 Å². The van der Waals surface area contributed by atoms with Gasteiger partial charge in [-0.05, 0) is 49.6 Å². The Morgan fingerprint density at radius 1 is 1.10 bits per heavy atom. The highest BCUT2D eigenvalue weighted by molar-refractivity contribution is 6.30. The van der Waals surface area contributed by atoms with E-state index in [2.05, 4.69) is 5.32 Å². The molecule has 8 heteroatoms. The minimum Gasteiger partial charge on any atom is -0.333 e. The third-order valence-corrected chi connectivity index (χ3v) is 5.78. The van der Waals surface area contributed by atoms with Crippen molar-refractivity contribution in [3.63, 3.8) is 0 Å². The van der Waals surface area contributed by atoms with Gasteiger partial charge in [0.25, 0.3) is 0 Å². The number of hydrogen-bond acceptors (Lipinski definition) is 2. The quantitative estimate of drug-likeness (QED) is 0.668. The Bertz CT molecular complexity index is 925. The summed E-state index contributed by atoms with van der Waals surface area (Å²) in [6.45, 7) is 1.68. The van der Waals surface area contributed by atoms with Crippen molar-refractivity contribution < 1.29 is 22.8 Å². The van der Waals surface area contributed by atoms with Crippen LogP contribution in [-0.2, 0) is 21.2 Å². The van der Waals surface area contributed by atoms with Crippen LogP contribution in [0.25, 0.3) is 0 Å². The third kappa shape index (κ3) is 4.46. The Morgan fingerprint density at radius 3 is 2.27 bits per heavy atom. The average molecular weight is 439 g/mol. The Hall–Kier alpha value is -2.54. The minimum atomic E-state index is -4.59. The van der Waals surface area contributed by atoms with Gasteiger partial charge in [-0.1, -0.05) is 42.3 Å². The predicted octanol–water partition coefficient (Wildman–Crippen LogP) is 5.27. The fraction of sp³-hybridized carbons (Fsp3) is 0.364. The van der Waals surface area contributed by atoms with Crippen LogP contribution in [0.4, 0.5) is 18.9 Å². The van der Waals surface area contributed by atoms with Crippen LogP contribution in [0.5, 0.6) is 0 Å². The van der Waals surface area contributed by atoms with Gasteiger partial charge in [0.2, 0.25) is 11.8 Å². The standard InChI is InChI=1S/C22H22ClF3N2O2/c1-2-28(14-19(29)27-18-7-4-3-6-17(18)22(24,25)26)20(30)21(12-5-13-21)15-8-10-16(23)11-9-15/h3-4,6-11H,2,5,12-14H2,1H3,(H,27,29). The number of halogens is 4. The average Bonchev–Trinajstić information content (AvgIpc) is 2.66. The number of nitrogens with zero attached hydrogens (tertiary/aromatic N) is 1. The van der Waals surface area contributed by atoms with Crippen molar-refractivity contribution in [3.05, 3.63) is 64.7 Å². The molecular weight excluding hydrogens is 417 g/mol. The number of carbonyl (C=O) groups is 2. The summed E-state index contributed by atoms with van der Waals surface area (Å²) in [6.07, 6.45) is -2.39. The monoisotopic (exact) mass is 438 g/mol. The zero-order valence-corrected chi connectivity index (χ0v) is 17.2. The molecule has 0 bridgehead atoms. The van der Waals surface area contributed by atoms with Crippen molar-refractivity contribution in [2.75, 3.05) is 18.4 Å². The molecular formula is C22H22ClF3N2O2. The molecule has 2 amide bonds. The molecule has 1 N–H and O–H groups in total. The fourth-order valence-electron chi connectivity index (χ4n) is 3.76. The summed E-state index contributed by atoms with van der Waals surface area (Å²) in [5.41, 5.74) is -1.13. The first-order valence-corrected chi connectivity index (χ1v) is 10.1. The number of rotatable bonds is 6. The number of para-hydroxylation sites is 1. The van der Waals surface area contributed by atoms with Gasteiger partial charge < -0.3 is 10.2 Å². The maximum atomic E-state index is 13.3. The van der Waals surface area contributed by atoms with Crippen LogP contribution in [-0.4, -0.2) is 29.8 Å². The highest BCUT2D eigenvalue weighted by Crippen LogP contribution is 2.45. The lowest BCUT2D eigenvalue weighted by molar-refractivity contribution is -0.143. The molecule has 2 aromatic carbocycles. The molecule has 0 radical (unpaired) electrons. The topological polar surface area (TPSA) is 49.4 Å². The lowest BCUT2D eigenvalue weighted by Gasteiger charge is -2.43. The fourth-order valence-corrected chi connectivity index (χ4v) is 3.88. The van der Waals surface area contributed by atoms with Gasteiger partial charge in [-0.15, -0.1) is 0 Å². The second-order valence-electron chi connectivity index (χ2n) is 7.35. The predicted molar refractivity (Wildman–Crippen MR) is 109 cm³/mol. The van der Waals surface area contributed by atoms with E-state index in [0.717, 1.165) is 18.1 Å². The van der Waals surface area contributed by atoms with Crippen LogP contribution in [0.3, 0.4) is 0 Å².